The van der Waals surface area contributed by atoms with Crippen molar-refractivity contribution in [2.45, 2.75) is 70.6 Å². The number of nitrogens with one attached hydrogen (secondary N) is 10. The van der Waals surface area contributed by atoms with Crippen molar-refractivity contribution in [3.63, 3.8) is 0 Å². The predicted octanol–water partition coefficient (Wildman–Crippen LogP) is 7.93. The first-order valence-electron chi connectivity index (χ1n) is 39.8. The van der Waals surface area contributed by atoms with Gasteiger partial charge in [0.15, 0.2) is 32.4 Å². The fourth-order valence-corrected chi connectivity index (χ4v) is 12.9. The van der Waals surface area contributed by atoms with Gasteiger partial charge < -0.3 is 61.0 Å². The number of aldehydes is 2. The number of hydrogen-bond acceptors (Lipinski definition) is 38. The Bertz CT molecular complexity index is 5040. The molecule has 0 amide bonds. The lowest BCUT2D eigenvalue weighted by Gasteiger charge is -2.25. The minimum Gasteiger partial charge on any atom is -0.386 e. The summed E-state index contributed by atoms with van der Waals surface area (Å²) < 4.78 is 10.8. The maximum Gasteiger partial charge on any atom is 0.348 e. The highest BCUT2D eigenvalue weighted by atomic mass is 35.5. The summed E-state index contributed by atoms with van der Waals surface area (Å²) in [6, 6.07) is 17.3. The van der Waals surface area contributed by atoms with Gasteiger partial charge in [0.2, 0.25) is 24.4 Å². The van der Waals surface area contributed by atoms with E-state index in [9.17, 15) is 80.4 Å². The summed E-state index contributed by atoms with van der Waals surface area (Å²) in [6.07, 6.45) is 19.1. The molecular formula is C77H104Cl6N32O21S. The first kappa shape index (κ1) is 119. The standard InChI is InChI=1S/C13H18ClN5O2.2C11H13ClN4O3.C11H12ClN3O2.C10H12ClN3O2.C8H14N4O2.C7H14N4O4.C6H8ClN5O3S/c1-15-13(11(19(20)21)9-17(2)3)18(4)8-10-5-6-12(14)16-7-10;2*1-13-11(9(7-17)16(18)19)15(2)6-8-3-4-10(12)14-5-8;12-11-4-3-8(6-14-11)9-2-1-5-13-10(9)7-15(16)17;1-7(9(12-2)6-14(15)16)8-3-4-10(11)13-5-8;1-13-12-8(11-6-9)10-4-7-2-3-14-5-7;1-14-10-7(9-11(12)13)8-4-6-2-3-15-5-6;1-15-11-6(10-12(13)14)9-3-4-2-8-5(7)16-4/h5-7,9H,8H2,1-4H3;2*3-5,7,13H,6H2,1-2H3;3-4,6-7,9,13H,1-2,5H2;3-7,12H,1-2H3;7H,2-5H2,1H3,(H2,10,11,12);6H,2-5H2,1H3,(H2,8,9,10);2H,3H2,1H3,(H2,9,10,11)/b11-9+,15-13?;11-9+;11-9-;10-7-;9-6-;;;. The average Bonchev–Trinajstić information content (AvgIpc) is 1.44. The molecule has 9 rings (SSSR count). The fraction of sp³-hybridized carbons (Fsp3) is 0.416. The summed E-state index contributed by atoms with van der Waals surface area (Å²) in [5.74, 6) is 1.49. The van der Waals surface area contributed by atoms with Crippen LogP contribution >= 0.6 is 80.9 Å². The molecule has 4 unspecified atom stereocenters. The molecule has 0 aliphatic carbocycles. The molecule has 0 spiro atoms. The highest BCUT2D eigenvalue weighted by Crippen LogP contribution is 2.31. The Hall–Kier alpha value is -13.9. The molecule has 53 nitrogen and oxygen atoms in total. The van der Waals surface area contributed by atoms with Crippen LogP contribution in [0.1, 0.15) is 77.1 Å². The molecule has 4 atom stereocenters. The van der Waals surface area contributed by atoms with Crippen molar-refractivity contribution in [2.75, 3.05) is 131 Å². The third-order valence-electron chi connectivity index (χ3n) is 17.6. The highest BCUT2D eigenvalue weighted by molar-refractivity contribution is 7.15. The lowest BCUT2D eigenvalue weighted by molar-refractivity contribution is -0.485. The van der Waals surface area contributed by atoms with E-state index < -0.39 is 46.1 Å². The molecule has 3 saturated heterocycles. The quantitative estimate of drug-likeness (QED) is 0.00211. The normalized spacial score (nSPS) is 15.3. The molecule has 746 valence electrons. The number of carbonyl (C=O) groups excluding carboxylic acids is 2. The molecule has 3 aliphatic rings. The topological polar surface area (TPSA) is 666 Å². The number of thiazole rings is 1. The summed E-state index contributed by atoms with van der Waals surface area (Å²) >= 11 is 35.3. The number of ether oxygens (including phenoxy) is 2. The number of halogens is 6. The van der Waals surface area contributed by atoms with Crippen LogP contribution in [0.5, 0.6) is 0 Å². The minimum atomic E-state index is -0.839. The Balaban J connectivity index is 0.000000531. The number of hydroxylamine groups is 3. The van der Waals surface area contributed by atoms with Crippen LogP contribution in [0.3, 0.4) is 0 Å². The maximum atomic E-state index is 11.2. The number of nitrogens with zero attached hydrogens (tertiary/aromatic N) is 22. The first-order chi connectivity index (χ1) is 65.2. The zero-order chi connectivity index (χ0) is 102. The summed E-state index contributed by atoms with van der Waals surface area (Å²) in [4.78, 5) is 145. The van der Waals surface area contributed by atoms with Gasteiger partial charge in [0.05, 0.1) is 83.3 Å². The van der Waals surface area contributed by atoms with Crippen LogP contribution in [0.25, 0.3) is 0 Å². The molecule has 0 bridgehead atoms. The monoisotopic (exact) mass is 2050 g/mol. The van der Waals surface area contributed by atoms with Crippen LogP contribution in [0, 0.1) is 94.1 Å². The van der Waals surface area contributed by atoms with Gasteiger partial charge in [-0.15, -0.1) is 11.3 Å². The van der Waals surface area contributed by atoms with Crippen molar-refractivity contribution in [3.8, 4) is 6.19 Å². The smallest absolute Gasteiger partial charge is 0.348 e. The first-order valence-corrected chi connectivity index (χ1v) is 42.9. The van der Waals surface area contributed by atoms with Gasteiger partial charge in [0.1, 0.15) is 36.0 Å². The maximum absolute atomic E-state index is 11.2. The van der Waals surface area contributed by atoms with Crippen molar-refractivity contribution in [1.82, 2.24) is 103 Å². The van der Waals surface area contributed by atoms with E-state index in [1.165, 1.54) is 60.0 Å². The van der Waals surface area contributed by atoms with Crippen molar-refractivity contribution >= 4 is 117 Å². The van der Waals surface area contributed by atoms with Crippen LogP contribution in [0.2, 0.25) is 30.2 Å². The molecule has 0 saturated carbocycles. The number of piperidine rings is 1. The van der Waals surface area contributed by atoms with E-state index in [2.05, 4.69) is 118 Å². The number of aliphatic imine (C=N–C) groups is 2. The fourth-order valence-electron chi connectivity index (χ4n) is 11.5. The van der Waals surface area contributed by atoms with E-state index >= 15 is 0 Å². The molecule has 9 heterocycles. The number of amidine groups is 1. The predicted molar refractivity (Wildman–Crippen MR) is 509 cm³/mol. The van der Waals surface area contributed by atoms with E-state index in [0.717, 1.165) is 97.1 Å². The Kier molecular flexibility index (Phi) is 58.6. The van der Waals surface area contributed by atoms with E-state index in [0.29, 0.717) is 111 Å². The Morgan fingerprint density at radius 2 is 1.07 bits per heavy atom. The Morgan fingerprint density at radius 3 is 1.43 bits per heavy atom. The van der Waals surface area contributed by atoms with Gasteiger partial charge in [0, 0.05) is 182 Å². The molecule has 0 radical (unpaired) electrons. The molecule has 0 aromatic carbocycles. The SMILES string of the molecule is CN/C(=C(/C=O)[N+](=O)[O-])N(C)Cc1ccc(Cl)nc1.CN/C(=C(\C=O)[N+](=O)[O-])N(C)Cc1ccc(Cl)nc1.CN/C(=C\[N+](=O)[O-])C(C)c1ccc(Cl)nc1.CN=C(/C(=C\N(C)C)[N+](=O)[O-])N(C)Cc1ccc(Cl)nc1.CON/C(=N\[N+](=O)[O-])NCC1CCOC1.CON/C(=N\[N+](=O)[O-])NCc1cnc(Cl)s1.CONC(=NCC1CCOC1)NC#N.O=[N+]([O-])/C=C1\NCCCC1c1ccc(Cl)nc1. The van der Waals surface area contributed by atoms with E-state index in [1.807, 2.05) is 19.1 Å². The molecule has 60 heteroatoms. The number of aromatic nitrogens is 6. The third kappa shape index (κ3) is 49.3. The lowest BCUT2D eigenvalue weighted by atomic mass is 9.90. The van der Waals surface area contributed by atoms with E-state index in [4.69, 9.17) is 84.3 Å². The third-order valence-corrected chi connectivity index (χ3v) is 19.8. The molecule has 3 fully saturated rings. The van der Waals surface area contributed by atoms with Crippen LogP contribution < -0.4 is 53.7 Å². The van der Waals surface area contributed by atoms with Crippen molar-refractivity contribution in [3.05, 3.63) is 290 Å². The number of hydrogen-bond donors (Lipinski definition) is 10. The van der Waals surface area contributed by atoms with Gasteiger partial charge in [-0.2, -0.15) is 5.26 Å². The number of nitro groups is 7. The number of likely N-dealkylation sites (N-methyl/N-ethyl adjacent to an activating group) is 2. The molecule has 10 N–H and O–H groups in total. The number of rotatable bonds is 34. The van der Waals surface area contributed by atoms with E-state index in [1.54, 1.807) is 154 Å². The molecule has 3 aliphatic heterocycles. The van der Waals surface area contributed by atoms with Crippen LogP contribution in [-0.2, 0) is 59.8 Å². The van der Waals surface area contributed by atoms with Crippen molar-refractivity contribution in [1.29, 1.82) is 5.26 Å². The summed E-state index contributed by atoms with van der Waals surface area (Å²) in [6.45, 7) is 8.27. The molecule has 6 aromatic rings. The number of hydrazone groups is 2. The second-order valence-corrected chi connectivity index (χ2v) is 31.3. The van der Waals surface area contributed by atoms with Gasteiger partial charge in [-0.05, 0) is 83.8 Å². The number of pyridine rings is 5. The van der Waals surface area contributed by atoms with Gasteiger partial charge in [-0.3, -0.25) is 90.0 Å². The van der Waals surface area contributed by atoms with E-state index in [-0.39, 0.29) is 53.7 Å². The minimum absolute atomic E-state index is 0.00519. The van der Waals surface area contributed by atoms with Gasteiger partial charge in [0.25, 0.3) is 24.3 Å². The van der Waals surface area contributed by atoms with Gasteiger partial charge in [-0.25, -0.2) is 66.6 Å². The van der Waals surface area contributed by atoms with Crippen molar-refractivity contribution < 1.29 is 68.3 Å². The zero-order valence-electron chi connectivity index (χ0n) is 76.1. The lowest BCUT2D eigenvalue weighted by Crippen LogP contribution is -2.40. The van der Waals surface area contributed by atoms with Crippen LogP contribution in [-0.4, -0.2) is 251 Å². The average molecular weight is 2060 g/mol. The molecule has 6 aromatic heterocycles. The van der Waals surface area contributed by atoms with Gasteiger partial charge >= 0.3 is 17.1 Å². The van der Waals surface area contributed by atoms with Gasteiger partial charge in [-0.1, -0.05) is 107 Å². The molecular weight excluding hydrogens is 1950 g/mol. The second-order valence-electron chi connectivity index (χ2n) is 27.7. The second kappa shape index (κ2) is 67.3. The Morgan fingerprint density at radius 1 is 0.599 bits per heavy atom. The largest absolute Gasteiger partial charge is 0.386 e. The molecule has 137 heavy (non-hydrogen) atoms. The number of guanidine groups is 3. The number of nitriles is 1. The highest BCUT2D eigenvalue weighted by Gasteiger charge is 2.28. The Labute approximate surface area is 819 Å². The number of allylic oxidation sites excluding steroid dienone is 4. The van der Waals surface area contributed by atoms with Crippen LogP contribution in [0.4, 0.5) is 0 Å². The van der Waals surface area contributed by atoms with Crippen molar-refractivity contribution in [2.24, 2.45) is 32.0 Å². The summed E-state index contributed by atoms with van der Waals surface area (Å²) in [7, 11) is 18.8. The zero-order valence-corrected chi connectivity index (χ0v) is 81.5. The van der Waals surface area contributed by atoms with Crippen LogP contribution in [0.15, 0.2) is 177 Å². The summed E-state index contributed by atoms with van der Waals surface area (Å²) in [5, 5.41) is 108. The summed E-state index contributed by atoms with van der Waals surface area (Å²) in [5.41, 5.74) is 11.4. The number of carbonyl (C=O) groups is 2.